The molecule has 0 unspecified atom stereocenters. The Balaban J connectivity index is 2.18. The zero-order valence-electron chi connectivity index (χ0n) is 12.6. The lowest BCUT2D eigenvalue weighted by molar-refractivity contribution is -0.660. The molecule has 3 heteroatoms. The SMILES string of the molecule is [C-]#[N+]Cc1cc[n+](C)c2c1Oc1cccc3ccc(C)c-2c13. The second-order valence-corrected chi connectivity index (χ2v) is 5.66. The Hall–Kier alpha value is -2.86. The normalized spacial score (nSPS) is 11.7. The number of pyridine rings is 1. The average molecular weight is 287 g/mol. The summed E-state index contributed by atoms with van der Waals surface area (Å²) in [7, 11) is 2.02. The zero-order valence-corrected chi connectivity index (χ0v) is 12.6. The van der Waals surface area contributed by atoms with Gasteiger partial charge in [-0.1, -0.05) is 24.3 Å². The van der Waals surface area contributed by atoms with Gasteiger partial charge in [0.2, 0.25) is 12.3 Å². The maximum Gasteiger partial charge on any atom is 0.256 e. The number of aryl methyl sites for hydroxylation is 2. The van der Waals surface area contributed by atoms with E-state index in [0.717, 1.165) is 28.1 Å². The topological polar surface area (TPSA) is 17.5 Å². The summed E-state index contributed by atoms with van der Waals surface area (Å²) in [6, 6.07) is 12.4. The van der Waals surface area contributed by atoms with Crippen molar-refractivity contribution >= 4 is 10.8 Å². The molecule has 1 aromatic heterocycles. The van der Waals surface area contributed by atoms with Crippen LogP contribution in [0.15, 0.2) is 42.6 Å². The van der Waals surface area contributed by atoms with E-state index in [1.54, 1.807) is 0 Å². The monoisotopic (exact) mass is 287 g/mol. The maximum atomic E-state index is 7.18. The third kappa shape index (κ3) is 1.64. The van der Waals surface area contributed by atoms with Gasteiger partial charge in [-0.2, -0.15) is 4.57 Å². The van der Waals surface area contributed by atoms with Crippen LogP contribution < -0.4 is 9.30 Å². The summed E-state index contributed by atoms with van der Waals surface area (Å²) in [4.78, 5) is 3.53. The van der Waals surface area contributed by atoms with E-state index >= 15 is 0 Å². The molecule has 0 aliphatic carbocycles. The van der Waals surface area contributed by atoms with Crippen molar-refractivity contribution in [3.05, 3.63) is 65.1 Å². The van der Waals surface area contributed by atoms with Gasteiger partial charge in [0.15, 0.2) is 6.20 Å². The maximum absolute atomic E-state index is 7.18. The molecule has 22 heavy (non-hydrogen) atoms. The van der Waals surface area contributed by atoms with Crippen LogP contribution in [-0.2, 0) is 13.6 Å². The number of benzene rings is 2. The number of fused-ring (bicyclic) bond motifs is 2. The highest BCUT2D eigenvalue weighted by atomic mass is 16.5. The minimum atomic E-state index is 0.334. The van der Waals surface area contributed by atoms with E-state index in [-0.39, 0.29) is 0 Å². The van der Waals surface area contributed by atoms with E-state index in [1.807, 2.05) is 31.4 Å². The molecule has 0 radical (unpaired) electrons. The number of rotatable bonds is 1. The van der Waals surface area contributed by atoms with E-state index in [4.69, 9.17) is 11.3 Å². The summed E-state index contributed by atoms with van der Waals surface area (Å²) in [5.41, 5.74) is 4.43. The van der Waals surface area contributed by atoms with Crippen LogP contribution >= 0.6 is 0 Å². The van der Waals surface area contributed by atoms with Gasteiger partial charge in [0, 0.05) is 11.5 Å². The molecule has 1 aliphatic heterocycles. The van der Waals surface area contributed by atoms with Crippen LogP contribution in [0.4, 0.5) is 0 Å². The molecule has 0 fully saturated rings. The van der Waals surface area contributed by atoms with Gasteiger partial charge < -0.3 is 9.58 Å². The smallest absolute Gasteiger partial charge is 0.256 e. The molecule has 0 saturated carbocycles. The van der Waals surface area contributed by atoms with Gasteiger partial charge in [0.25, 0.3) is 5.69 Å². The molecule has 0 saturated heterocycles. The first-order valence-corrected chi connectivity index (χ1v) is 7.26. The fourth-order valence-corrected chi connectivity index (χ4v) is 3.23. The molecule has 0 spiro atoms. The molecule has 2 heterocycles. The second-order valence-electron chi connectivity index (χ2n) is 5.66. The van der Waals surface area contributed by atoms with Gasteiger partial charge in [-0.05, 0) is 23.9 Å². The number of hydrogen-bond donors (Lipinski definition) is 0. The van der Waals surface area contributed by atoms with Crippen molar-refractivity contribution in [2.24, 2.45) is 7.05 Å². The molecule has 0 atom stereocenters. The van der Waals surface area contributed by atoms with Crippen molar-refractivity contribution in [2.75, 3.05) is 0 Å². The van der Waals surface area contributed by atoms with E-state index in [0.29, 0.717) is 6.54 Å². The highest BCUT2D eigenvalue weighted by Gasteiger charge is 2.31. The van der Waals surface area contributed by atoms with Gasteiger partial charge in [0.05, 0.1) is 11.1 Å². The molecule has 106 valence electrons. The minimum absolute atomic E-state index is 0.334. The molecule has 3 nitrogen and oxygen atoms in total. The Morgan fingerprint density at radius 3 is 2.86 bits per heavy atom. The Labute approximate surface area is 129 Å². The summed E-state index contributed by atoms with van der Waals surface area (Å²) < 4.78 is 8.29. The number of aromatic nitrogens is 1. The Bertz CT molecular complexity index is 967. The average Bonchev–Trinajstić information content (AvgIpc) is 2.53. The third-order valence-electron chi connectivity index (χ3n) is 4.27. The molecular formula is C19H15N2O+. The summed E-state index contributed by atoms with van der Waals surface area (Å²) in [6.45, 7) is 9.64. The summed E-state index contributed by atoms with van der Waals surface area (Å²) >= 11 is 0. The Morgan fingerprint density at radius 1 is 1.18 bits per heavy atom. The highest BCUT2D eigenvalue weighted by molar-refractivity contribution is 6.04. The summed E-state index contributed by atoms with van der Waals surface area (Å²) in [6.07, 6.45) is 2.01. The van der Waals surface area contributed by atoms with Crippen molar-refractivity contribution in [2.45, 2.75) is 13.5 Å². The lowest BCUT2D eigenvalue weighted by atomic mass is 9.93. The van der Waals surface area contributed by atoms with Crippen molar-refractivity contribution in [3.8, 4) is 22.8 Å². The fraction of sp³-hybridized carbons (Fsp3) is 0.158. The Morgan fingerprint density at radius 2 is 2.05 bits per heavy atom. The second kappa shape index (κ2) is 4.57. The number of ether oxygens (including phenoxy) is 1. The van der Waals surface area contributed by atoms with Gasteiger partial charge in [-0.25, -0.2) is 6.57 Å². The first kappa shape index (κ1) is 12.8. The summed E-state index contributed by atoms with van der Waals surface area (Å²) in [5, 5.41) is 2.34. The molecule has 0 amide bonds. The molecule has 4 rings (SSSR count). The highest BCUT2D eigenvalue weighted by Crippen LogP contribution is 2.47. The van der Waals surface area contributed by atoms with Crippen molar-refractivity contribution in [1.29, 1.82) is 0 Å². The predicted octanol–water partition coefficient (Wildman–Crippen LogP) is 4.16. The van der Waals surface area contributed by atoms with Gasteiger partial charge in [0.1, 0.15) is 12.8 Å². The minimum Gasteiger partial charge on any atom is -0.449 e. The van der Waals surface area contributed by atoms with Crippen LogP contribution in [0.2, 0.25) is 0 Å². The van der Waals surface area contributed by atoms with E-state index < -0.39 is 0 Å². The van der Waals surface area contributed by atoms with Crippen LogP contribution in [0, 0.1) is 13.5 Å². The molecule has 3 aromatic rings. The lowest BCUT2D eigenvalue weighted by Gasteiger charge is -2.21. The van der Waals surface area contributed by atoms with E-state index in [9.17, 15) is 0 Å². The predicted molar refractivity (Wildman–Crippen MR) is 85.7 cm³/mol. The van der Waals surface area contributed by atoms with Crippen LogP contribution in [0.3, 0.4) is 0 Å². The number of hydrogen-bond acceptors (Lipinski definition) is 1. The van der Waals surface area contributed by atoms with Crippen LogP contribution in [0.5, 0.6) is 11.5 Å². The molecule has 1 aliphatic rings. The largest absolute Gasteiger partial charge is 0.449 e. The third-order valence-corrected chi connectivity index (χ3v) is 4.27. The van der Waals surface area contributed by atoms with Crippen molar-refractivity contribution in [1.82, 2.24) is 0 Å². The lowest BCUT2D eigenvalue weighted by Crippen LogP contribution is -2.32. The van der Waals surface area contributed by atoms with Crippen LogP contribution in [-0.4, -0.2) is 0 Å². The standard InChI is InChI=1S/C19H15N2O/c1-12-7-8-13-5-4-6-15-17(13)16(12)18-19(22-15)14(11-20-2)9-10-21(18)3/h4-10H,11H2,1,3H3/q+1. The Kier molecular flexibility index (Phi) is 2.67. The summed E-state index contributed by atoms with van der Waals surface area (Å²) in [5.74, 6) is 1.69. The first-order valence-electron chi connectivity index (χ1n) is 7.26. The molecule has 0 N–H and O–H groups in total. The molecular weight excluding hydrogens is 272 g/mol. The van der Waals surface area contributed by atoms with E-state index in [2.05, 4.69) is 34.5 Å². The first-order chi connectivity index (χ1) is 10.7. The van der Waals surface area contributed by atoms with Crippen molar-refractivity contribution in [3.63, 3.8) is 0 Å². The van der Waals surface area contributed by atoms with Gasteiger partial charge in [-0.15, -0.1) is 0 Å². The van der Waals surface area contributed by atoms with Crippen LogP contribution in [0.1, 0.15) is 11.1 Å². The van der Waals surface area contributed by atoms with Crippen LogP contribution in [0.25, 0.3) is 26.9 Å². The van der Waals surface area contributed by atoms with Crippen molar-refractivity contribution < 1.29 is 9.30 Å². The number of nitrogens with zero attached hydrogens (tertiary/aromatic N) is 2. The quantitative estimate of drug-likeness (QED) is 0.379. The molecule has 0 bridgehead atoms. The fourth-order valence-electron chi connectivity index (χ4n) is 3.23. The molecule has 2 aromatic carbocycles. The van der Waals surface area contributed by atoms with E-state index in [1.165, 1.54) is 16.5 Å². The van der Waals surface area contributed by atoms with Gasteiger partial charge in [-0.3, -0.25) is 0 Å². The van der Waals surface area contributed by atoms with Gasteiger partial charge >= 0.3 is 0 Å². The zero-order chi connectivity index (χ0) is 15.3.